The van der Waals surface area contributed by atoms with Crippen LogP contribution in [0.2, 0.25) is 18.1 Å². The maximum Gasteiger partial charge on any atom is 0.138 e. The van der Waals surface area contributed by atoms with Gasteiger partial charge in [-0.3, -0.25) is 0 Å². The van der Waals surface area contributed by atoms with Crippen LogP contribution < -0.4 is 0 Å². The first-order valence-electron chi connectivity index (χ1n) is 6.94. The molecule has 0 aromatic carbocycles. The molecule has 0 saturated heterocycles. The van der Waals surface area contributed by atoms with Crippen molar-refractivity contribution in [3.8, 4) is 11.5 Å². The van der Waals surface area contributed by atoms with E-state index in [1.165, 1.54) is 0 Å². The Morgan fingerprint density at radius 1 is 1.16 bits per heavy atom. The molecule has 0 radical (unpaired) electrons. The molecule has 0 aromatic rings. The van der Waals surface area contributed by atoms with Gasteiger partial charge in [-0.2, -0.15) is 0 Å². The van der Waals surface area contributed by atoms with Gasteiger partial charge in [-0.15, -0.1) is 5.54 Å². The summed E-state index contributed by atoms with van der Waals surface area (Å²) in [5.41, 5.74) is 4.63. The highest BCUT2D eigenvalue weighted by molar-refractivity contribution is 6.87. The Morgan fingerprint density at radius 2 is 1.79 bits per heavy atom. The first kappa shape index (κ1) is 18.4. The van der Waals surface area contributed by atoms with Crippen molar-refractivity contribution >= 4 is 8.07 Å². The molecule has 0 heterocycles. The fourth-order valence-corrected chi connectivity index (χ4v) is 2.08. The highest BCUT2D eigenvalue weighted by atomic mass is 28.3. The second kappa shape index (κ2) is 8.58. The number of allylic oxidation sites excluding steroid dienone is 1. The minimum absolute atomic E-state index is 0.300. The van der Waals surface area contributed by atoms with Gasteiger partial charge in [0.15, 0.2) is 0 Å². The summed E-state index contributed by atoms with van der Waals surface area (Å²) in [5.74, 6) is 3.35. The van der Waals surface area contributed by atoms with Crippen LogP contribution in [0.25, 0.3) is 0 Å². The summed E-state index contributed by atoms with van der Waals surface area (Å²) in [5, 5.41) is 0.300. The Balaban J connectivity index is 4.76. The summed E-state index contributed by atoms with van der Waals surface area (Å²) < 4.78 is 10.3. The average molecular weight is 282 g/mol. The lowest BCUT2D eigenvalue weighted by molar-refractivity contribution is 0.195. The first-order chi connectivity index (χ1) is 8.74. The number of methoxy groups -OCH3 is 2. The Morgan fingerprint density at radius 3 is 2.26 bits per heavy atom. The van der Waals surface area contributed by atoms with E-state index in [0.717, 1.165) is 25.0 Å². The van der Waals surface area contributed by atoms with E-state index in [-0.39, 0.29) is 0 Å². The quantitative estimate of drug-likeness (QED) is 0.416. The van der Waals surface area contributed by atoms with Crippen molar-refractivity contribution in [2.45, 2.75) is 51.7 Å². The molecule has 19 heavy (non-hydrogen) atoms. The lowest BCUT2D eigenvalue weighted by Crippen LogP contribution is -2.35. The first-order valence-corrected chi connectivity index (χ1v) is 9.94. The summed E-state index contributed by atoms with van der Waals surface area (Å²) in [7, 11) is 1.92. The number of hydrogen-bond donors (Lipinski definition) is 0. The van der Waals surface area contributed by atoms with E-state index in [1.54, 1.807) is 14.2 Å². The zero-order chi connectivity index (χ0) is 14.9. The monoisotopic (exact) mass is 282 g/mol. The Hall–Kier alpha value is -0.563. The van der Waals surface area contributed by atoms with Crippen molar-refractivity contribution in [1.29, 1.82) is 0 Å². The van der Waals surface area contributed by atoms with Gasteiger partial charge in [0.25, 0.3) is 0 Å². The Kier molecular flexibility index (Phi) is 8.32. The summed E-state index contributed by atoms with van der Waals surface area (Å²) in [6, 6.07) is 0. The molecule has 0 rings (SSSR count). The lowest BCUT2D eigenvalue weighted by Gasteiger charge is -2.31. The number of hydrogen-bond acceptors (Lipinski definition) is 2. The summed E-state index contributed by atoms with van der Waals surface area (Å²) in [6.07, 6.45) is 4.22. The van der Waals surface area contributed by atoms with E-state index >= 15 is 0 Å². The summed E-state index contributed by atoms with van der Waals surface area (Å²) in [6.45, 7) is 12.9. The van der Waals surface area contributed by atoms with Crippen molar-refractivity contribution in [2.75, 3.05) is 27.4 Å². The average Bonchev–Trinajstić information content (AvgIpc) is 2.30. The van der Waals surface area contributed by atoms with Gasteiger partial charge in [0, 0.05) is 26.4 Å². The van der Waals surface area contributed by atoms with Gasteiger partial charge in [0.2, 0.25) is 0 Å². The van der Waals surface area contributed by atoms with E-state index in [2.05, 4.69) is 51.4 Å². The van der Waals surface area contributed by atoms with Gasteiger partial charge in [-0.25, -0.2) is 0 Å². The summed E-state index contributed by atoms with van der Waals surface area (Å²) in [4.78, 5) is 0. The number of rotatable bonds is 6. The van der Waals surface area contributed by atoms with Crippen LogP contribution in [0.4, 0.5) is 0 Å². The van der Waals surface area contributed by atoms with E-state index in [4.69, 9.17) is 9.47 Å². The zero-order valence-corrected chi connectivity index (χ0v) is 14.7. The molecule has 0 spiro atoms. The topological polar surface area (TPSA) is 18.5 Å². The maximum atomic E-state index is 5.23. The molecule has 0 saturated carbocycles. The third-order valence-corrected chi connectivity index (χ3v) is 8.15. The molecule has 0 atom stereocenters. The second-order valence-electron chi connectivity index (χ2n) is 6.42. The van der Waals surface area contributed by atoms with Crippen LogP contribution in [0, 0.1) is 11.5 Å². The Bertz CT molecular complexity index is 340. The fourth-order valence-electron chi connectivity index (χ4n) is 1.23. The van der Waals surface area contributed by atoms with Crippen LogP contribution in [0.3, 0.4) is 0 Å². The van der Waals surface area contributed by atoms with Gasteiger partial charge in [0.1, 0.15) is 8.07 Å². The second-order valence-corrected chi connectivity index (χ2v) is 11.4. The molecule has 0 bridgehead atoms. The molecular weight excluding hydrogens is 252 g/mol. The van der Waals surface area contributed by atoms with Crippen molar-refractivity contribution in [3.63, 3.8) is 0 Å². The van der Waals surface area contributed by atoms with Crippen LogP contribution in [-0.4, -0.2) is 35.5 Å². The smallest absolute Gasteiger partial charge is 0.138 e. The van der Waals surface area contributed by atoms with Crippen LogP contribution in [0.15, 0.2) is 11.6 Å². The standard InChI is InChI=1S/C16H30O2Si/c1-16(2,3)19(6,7)13-11-15(14-18-5)10-8-9-12-17-4/h10H,8-9,12,14H2,1-7H3/b15-10+. The van der Waals surface area contributed by atoms with Crippen molar-refractivity contribution in [1.82, 2.24) is 0 Å². The minimum atomic E-state index is -1.53. The third-order valence-electron chi connectivity index (χ3n) is 3.65. The molecule has 0 aliphatic heterocycles. The Labute approximate surface area is 120 Å². The van der Waals surface area contributed by atoms with Crippen molar-refractivity contribution in [2.24, 2.45) is 0 Å². The van der Waals surface area contributed by atoms with Crippen LogP contribution in [0.5, 0.6) is 0 Å². The molecule has 0 amide bonds. The number of unbranched alkanes of at least 4 members (excludes halogenated alkanes) is 1. The molecule has 110 valence electrons. The predicted molar refractivity (Wildman–Crippen MR) is 86.0 cm³/mol. The lowest BCUT2D eigenvalue weighted by atomic mass is 10.2. The van der Waals surface area contributed by atoms with Gasteiger partial charge in [-0.05, 0) is 17.9 Å². The summed E-state index contributed by atoms with van der Waals surface area (Å²) >= 11 is 0. The molecule has 3 heteroatoms. The minimum Gasteiger partial charge on any atom is -0.385 e. The van der Waals surface area contributed by atoms with E-state index in [9.17, 15) is 0 Å². The van der Waals surface area contributed by atoms with Crippen molar-refractivity contribution < 1.29 is 9.47 Å². The van der Waals surface area contributed by atoms with Gasteiger partial charge < -0.3 is 9.47 Å². The molecular formula is C16H30O2Si. The highest BCUT2D eigenvalue weighted by Gasteiger charge is 2.33. The van der Waals surface area contributed by atoms with Crippen LogP contribution >= 0.6 is 0 Å². The fraction of sp³-hybridized carbons (Fsp3) is 0.750. The maximum absolute atomic E-state index is 5.23. The van der Waals surface area contributed by atoms with E-state index < -0.39 is 8.07 Å². The SMILES string of the molecule is COCCC/C=C(\C#C[Si](C)(C)C(C)(C)C)COC. The molecule has 0 aliphatic rings. The molecule has 2 nitrogen and oxygen atoms in total. The molecule has 0 N–H and O–H groups in total. The third kappa shape index (κ3) is 7.56. The largest absolute Gasteiger partial charge is 0.385 e. The molecule has 0 fully saturated rings. The highest BCUT2D eigenvalue weighted by Crippen LogP contribution is 2.35. The van der Waals surface area contributed by atoms with Gasteiger partial charge >= 0.3 is 0 Å². The van der Waals surface area contributed by atoms with Crippen LogP contribution in [-0.2, 0) is 9.47 Å². The van der Waals surface area contributed by atoms with E-state index in [1.807, 2.05) is 0 Å². The number of ether oxygens (including phenoxy) is 2. The van der Waals surface area contributed by atoms with Gasteiger partial charge in [-0.1, -0.05) is 45.9 Å². The van der Waals surface area contributed by atoms with E-state index in [0.29, 0.717) is 11.6 Å². The molecule has 0 aliphatic carbocycles. The van der Waals surface area contributed by atoms with Gasteiger partial charge in [0.05, 0.1) is 6.61 Å². The van der Waals surface area contributed by atoms with Crippen LogP contribution in [0.1, 0.15) is 33.6 Å². The molecule has 0 aromatic heterocycles. The zero-order valence-electron chi connectivity index (χ0n) is 13.7. The predicted octanol–water partition coefficient (Wildman–Crippen LogP) is 4.04. The van der Waals surface area contributed by atoms with Crippen molar-refractivity contribution in [3.05, 3.63) is 11.6 Å². The normalized spacial score (nSPS) is 13.1. The molecule has 0 unspecified atom stereocenters.